The Balaban J connectivity index is 1.63. The van der Waals surface area contributed by atoms with E-state index in [4.69, 9.17) is 4.98 Å². The normalized spacial score (nSPS) is 10.9. The second-order valence-electron chi connectivity index (χ2n) is 6.75. The number of aromatic amines is 1. The molecule has 0 aliphatic rings. The molecule has 0 fully saturated rings. The van der Waals surface area contributed by atoms with Crippen LogP contribution in [-0.4, -0.2) is 21.2 Å². The number of hydrogen-bond acceptors (Lipinski definition) is 4. The van der Waals surface area contributed by atoms with E-state index in [1.54, 1.807) is 18.3 Å². The van der Waals surface area contributed by atoms with E-state index < -0.39 is 0 Å². The van der Waals surface area contributed by atoms with Gasteiger partial charge in [-0.25, -0.2) is 14.4 Å². The summed E-state index contributed by atoms with van der Waals surface area (Å²) in [6.07, 6.45) is 3.74. The van der Waals surface area contributed by atoms with E-state index in [-0.39, 0.29) is 5.82 Å². The zero-order chi connectivity index (χ0) is 20.2. The van der Waals surface area contributed by atoms with Crippen LogP contribution >= 0.6 is 11.8 Å². The topological polar surface area (TPSA) is 53.6 Å². The number of nitrogens with one attached hydrogen (secondary N) is 2. The number of hydrogen-bond donors (Lipinski definition) is 2. The lowest BCUT2D eigenvalue weighted by Gasteiger charge is -2.08. The van der Waals surface area contributed by atoms with Crippen molar-refractivity contribution in [3.8, 4) is 22.5 Å². The van der Waals surface area contributed by atoms with Crippen molar-refractivity contribution in [3.05, 3.63) is 83.8 Å². The molecule has 0 aliphatic carbocycles. The summed E-state index contributed by atoms with van der Waals surface area (Å²) in [5.74, 6) is 0.522. The molecule has 4 rings (SSSR count). The third-order valence-corrected chi connectivity index (χ3v) is 5.22. The molecule has 2 heterocycles. The van der Waals surface area contributed by atoms with E-state index in [1.165, 1.54) is 35.0 Å². The molecule has 6 heteroatoms. The van der Waals surface area contributed by atoms with Crippen LogP contribution in [0.2, 0.25) is 0 Å². The van der Waals surface area contributed by atoms with Crippen LogP contribution in [0.1, 0.15) is 11.1 Å². The van der Waals surface area contributed by atoms with Gasteiger partial charge in [0.1, 0.15) is 11.6 Å². The highest BCUT2D eigenvalue weighted by molar-refractivity contribution is 7.98. The minimum Gasteiger partial charge on any atom is -0.366 e. The monoisotopic (exact) mass is 404 g/mol. The Morgan fingerprint density at radius 1 is 1.00 bits per heavy atom. The number of anilines is 1. The lowest BCUT2D eigenvalue weighted by Crippen LogP contribution is -2.01. The Kier molecular flexibility index (Phi) is 5.62. The molecule has 29 heavy (non-hydrogen) atoms. The lowest BCUT2D eigenvalue weighted by atomic mass is 10.1. The number of aryl methyl sites for hydroxylation is 1. The van der Waals surface area contributed by atoms with Gasteiger partial charge in [-0.2, -0.15) is 0 Å². The van der Waals surface area contributed by atoms with Crippen LogP contribution in [0.4, 0.5) is 10.2 Å². The Morgan fingerprint density at radius 3 is 2.48 bits per heavy atom. The van der Waals surface area contributed by atoms with Gasteiger partial charge >= 0.3 is 0 Å². The van der Waals surface area contributed by atoms with E-state index >= 15 is 0 Å². The summed E-state index contributed by atoms with van der Waals surface area (Å²) in [6.45, 7) is 2.77. The SMILES string of the molecule is CSc1nc(-c2ccnc(NCc3ccc(C)cc3)c2)c(-c2ccc(F)cc2)[nH]1. The Hall–Kier alpha value is -3.12. The molecule has 4 aromatic rings. The van der Waals surface area contributed by atoms with E-state index in [0.717, 1.165) is 33.5 Å². The molecule has 2 aromatic heterocycles. The summed E-state index contributed by atoms with van der Waals surface area (Å²) in [7, 11) is 0. The molecule has 0 unspecified atom stereocenters. The predicted molar refractivity (Wildman–Crippen MR) is 117 cm³/mol. The maximum Gasteiger partial charge on any atom is 0.166 e. The van der Waals surface area contributed by atoms with Crippen molar-refractivity contribution in [1.29, 1.82) is 0 Å². The van der Waals surface area contributed by atoms with Crippen molar-refractivity contribution in [3.63, 3.8) is 0 Å². The summed E-state index contributed by atoms with van der Waals surface area (Å²) in [5.41, 5.74) is 5.96. The molecule has 0 bridgehead atoms. The first-order chi connectivity index (χ1) is 14.1. The molecule has 146 valence electrons. The molecule has 0 amide bonds. The largest absolute Gasteiger partial charge is 0.366 e. The van der Waals surface area contributed by atoms with E-state index in [2.05, 4.69) is 46.5 Å². The third kappa shape index (κ3) is 4.49. The second kappa shape index (κ2) is 8.49. The molecular weight excluding hydrogens is 383 g/mol. The quantitative estimate of drug-likeness (QED) is 0.392. The fraction of sp³-hybridized carbons (Fsp3) is 0.130. The average molecular weight is 405 g/mol. The summed E-state index contributed by atoms with van der Waals surface area (Å²) < 4.78 is 13.4. The van der Waals surface area contributed by atoms with Gasteiger partial charge < -0.3 is 10.3 Å². The summed E-state index contributed by atoms with van der Waals surface area (Å²) >= 11 is 1.54. The molecule has 2 N–H and O–H groups in total. The molecular formula is C23H21FN4S. The minimum atomic E-state index is -0.258. The zero-order valence-corrected chi connectivity index (χ0v) is 17.1. The smallest absolute Gasteiger partial charge is 0.166 e. The standard InChI is InChI=1S/C23H21FN4S/c1-15-3-5-16(6-4-15)14-26-20-13-18(11-12-25-20)22-21(27-23(28-22)29-2)17-7-9-19(24)10-8-17/h3-13H,14H2,1-2H3,(H,25,26)(H,27,28). The van der Waals surface area contributed by atoms with Crippen molar-refractivity contribution >= 4 is 17.6 Å². The van der Waals surface area contributed by atoms with Gasteiger partial charge in [-0.05, 0) is 55.1 Å². The van der Waals surface area contributed by atoms with Crippen LogP contribution in [-0.2, 0) is 6.54 Å². The first kappa shape index (κ1) is 19.2. The first-order valence-electron chi connectivity index (χ1n) is 9.28. The first-order valence-corrected chi connectivity index (χ1v) is 10.5. The van der Waals surface area contributed by atoms with Crippen molar-refractivity contribution in [2.24, 2.45) is 0 Å². The number of thioether (sulfide) groups is 1. The molecule has 0 aliphatic heterocycles. The number of imidazole rings is 1. The van der Waals surface area contributed by atoms with Crippen LogP contribution in [0.15, 0.2) is 72.0 Å². The molecule has 0 saturated heterocycles. The number of aromatic nitrogens is 3. The molecule has 2 aromatic carbocycles. The minimum absolute atomic E-state index is 0.258. The highest BCUT2D eigenvalue weighted by Gasteiger charge is 2.15. The van der Waals surface area contributed by atoms with Gasteiger partial charge in [0, 0.05) is 23.9 Å². The fourth-order valence-electron chi connectivity index (χ4n) is 3.06. The zero-order valence-electron chi connectivity index (χ0n) is 16.2. The molecule has 0 radical (unpaired) electrons. The number of rotatable bonds is 6. The van der Waals surface area contributed by atoms with Crippen LogP contribution in [0.5, 0.6) is 0 Å². The van der Waals surface area contributed by atoms with Gasteiger partial charge in [0.15, 0.2) is 5.16 Å². The van der Waals surface area contributed by atoms with Gasteiger partial charge in [-0.15, -0.1) is 0 Å². The average Bonchev–Trinajstić information content (AvgIpc) is 3.19. The molecule has 0 atom stereocenters. The van der Waals surface area contributed by atoms with E-state index in [1.807, 2.05) is 18.4 Å². The molecule has 0 spiro atoms. The number of halogens is 1. The van der Waals surface area contributed by atoms with Crippen molar-refractivity contribution in [2.75, 3.05) is 11.6 Å². The molecule has 4 nitrogen and oxygen atoms in total. The highest BCUT2D eigenvalue weighted by Crippen LogP contribution is 2.33. The van der Waals surface area contributed by atoms with E-state index in [0.29, 0.717) is 6.54 Å². The number of benzene rings is 2. The third-order valence-electron chi connectivity index (χ3n) is 4.64. The van der Waals surface area contributed by atoms with E-state index in [9.17, 15) is 4.39 Å². The van der Waals surface area contributed by atoms with Gasteiger partial charge in [-0.3, -0.25) is 0 Å². The van der Waals surface area contributed by atoms with Gasteiger partial charge in [0.05, 0.1) is 11.4 Å². The predicted octanol–water partition coefficient (Wildman–Crippen LogP) is 5.92. The summed E-state index contributed by atoms with van der Waals surface area (Å²) in [5, 5.41) is 4.18. The van der Waals surface area contributed by atoms with Crippen molar-refractivity contribution in [2.45, 2.75) is 18.6 Å². The van der Waals surface area contributed by atoms with Crippen LogP contribution in [0.3, 0.4) is 0 Å². The second-order valence-corrected chi connectivity index (χ2v) is 7.54. The number of H-pyrrole nitrogens is 1. The fourth-order valence-corrected chi connectivity index (χ4v) is 3.44. The number of nitrogens with zero attached hydrogens (tertiary/aromatic N) is 2. The Labute approximate surface area is 173 Å². The Morgan fingerprint density at radius 2 is 1.76 bits per heavy atom. The van der Waals surface area contributed by atoms with Gasteiger partial charge in [-0.1, -0.05) is 41.6 Å². The summed E-state index contributed by atoms with van der Waals surface area (Å²) in [4.78, 5) is 12.5. The van der Waals surface area contributed by atoms with Crippen LogP contribution in [0, 0.1) is 12.7 Å². The van der Waals surface area contributed by atoms with Crippen LogP contribution in [0.25, 0.3) is 22.5 Å². The lowest BCUT2D eigenvalue weighted by molar-refractivity contribution is 0.628. The molecule has 0 saturated carbocycles. The Bertz CT molecular complexity index is 1100. The van der Waals surface area contributed by atoms with Gasteiger partial charge in [0.25, 0.3) is 0 Å². The van der Waals surface area contributed by atoms with Crippen molar-refractivity contribution < 1.29 is 4.39 Å². The highest BCUT2D eigenvalue weighted by atomic mass is 32.2. The van der Waals surface area contributed by atoms with Gasteiger partial charge in [0.2, 0.25) is 0 Å². The maximum atomic E-state index is 13.4. The van der Waals surface area contributed by atoms with Crippen molar-refractivity contribution in [1.82, 2.24) is 15.0 Å². The summed E-state index contributed by atoms with van der Waals surface area (Å²) in [6, 6.07) is 18.8. The maximum absolute atomic E-state index is 13.4. The van der Waals surface area contributed by atoms with Crippen LogP contribution < -0.4 is 5.32 Å². The number of pyridine rings is 1.